The van der Waals surface area contributed by atoms with E-state index in [1.165, 1.54) is 10.6 Å². The van der Waals surface area contributed by atoms with Crippen LogP contribution in [0, 0.1) is 23.1 Å². The number of carbonyl (C=O) groups excluding carboxylic acids is 1. The first-order valence-electron chi connectivity index (χ1n) is 10.6. The fourth-order valence-electron chi connectivity index (χ4n) is 3.82. The number of nitrogens with one attached hydrogen (secondary N) is 1. The maximum absolute atomic E-state index is 13.8. The molecule has 1 fully saturated rings. The van der Waals surface area contributed by atoms with Gasteiger partial charge in [0.05, 0.1) is 29.2 Å². The summed E-state index contributed by atoms with van der Waals surface area (Å²) >= 11 is 0. The van der Waals surface area contributed by atoms with Gasteiger partial charge in [0, 0.05) is 45.2 Å². The molecule has 0 unspecified atom stereocenters. The van der Waals surface area contributed by atoms with Crippen LogP contribution in [-0.2, 0) is 7.05 Å². The second kappa shape index (κ2) is 9.70. The van der Waals surface area contributed by atoms with Crippen LogP contribution in [0.2, 0.25) is 0 Å². The first-order chi connectivity index (χ1) is 16.4. The number of piperidine rings is 1. The molecule has 8 nitrogen and oxygen atoms in total. The number of anilines is 2. The van der Waals surface area contributed by atoms with E-state index in [4.69, 9.17) is 4.74 Å². The van der Waals surface area contributed by atoms with Gasteiger partial charge in [0.1, 0.15) is 17.5 Å². The number of nitrogens with zero attached hydrogens (tertiary/aromatic N) is 4. The van der Waals surface area contributed by atoms with E-state index in [0.29, 0.717) is 42.9 Å². The lowest BCUT2D eigenvalue weighted by Gasteiger charge is -2.34. The maximum Gasteiger partial charge on any atom is 0.263 e. The molecule has 3 aromatic rings. The highest BCUT2D eigenvalue weighted by Gasteiger charge is 2.25. The Morgan fingerprint density at radius 3 is 2.74 bits per heavy atom. The molecular weight excluding hydrogens is 444 g/mol. The third kappa shape index (κ3) is 4.88. The minimum atomic E-state index is -0.868. The minimum Gasteiger partial charge on any atom is -0.485 e. The Bertz CT molecular complexity index is 1330. The maximum atomic E-state index is 13.8. The molecule has 4 rings (SSSR count). The van der Waals surface area contributed by atoms with Crippen molar-refractivity contribution in [2.24, 2.45) is 7.05 Å². The molecule has 1 amide bonds. The molecule has 1 aliphatic heterocycles. The number of hydrogen-bond acceptors (Lipinski definition) is 6. The summed E-state index contributed by atoms with van der Waals surface area (Å²) in [5.74, 6) is -2.35. The lowest BCUT2D eigenvalue weighted by Crippen LogP contribution is -2.39. The number of hydrogen-bond donors (Lipinski definition) is 1. The van der Waals surface area contributed by atoms with Crippen molar-refractivity contribution >= 4 is 17.3 Å². The van der Waals surface area contributed by atoms with Crippen LogP contribution in [0.5, 0.6) is 5.75 Å². The zero-order chi connectivity index (χ0) is 24.2. The predicted molar refractivity (Wildman–Crippen MR) is 121 cm³/mol. The van der Waals surface area contributed by atoms with Gasteiger partial charge in [-0.1, -0.05) is 0 Å². The average molecular weight is 465 g/mol. The molecule has 0 spiro atoms. The summed E-state index contributed by atoms with van der Waals surface area (Å²) in [5.41, 5.74) is 0.977. The molecular formula is C24H21F2N5O3. The predicted octanol–water partition coefficient (Wildman–Crippen LogP) is 3.23. The zero-order valence-corrected chi connectivity index (χ0v) is 18.3. The van der Waals surface area contributed by atoms with Gasteiger partial charge in [-0.05, 0) is 30.3 Å². The van der Waals surface area contributed by atoms with E-state index >= 15 is 0 Å². The van der Waals surface area contributed by atoms with E-state index in [-0.39, 0.29) is 17.4 Å². The van der Waals surface area contributed by atoms with Crippen LogP contribution in [0.25, 0.3) is 0 Å². The highest BCUT2D eigenvalue weighted by molar-refractivity contribution is 6.05. The van der Waals surface area contributed by atoms with E-state index in [9.17, 15) is 23.6 Å². The Kier molecular flexibility index (Phi) is 6.54. The third-order valence-corrected chi connectivity index (χ3v) is 5.59. The van der Waals surface area contributed by atoms with Gasteiger partial charge in [-0.2, -0.15) is 9.65 Å². The van der Waals surface area contributed by atoms with Gasteiger partial charge in [0.25, 0.3) is 17.4 Å². The number of halogens is 2. The number of ether oxygens (including phenoxy) is 1. The number of benzene rings is 1. The molecule has 2 aromatic heterocycles. The molecule has 174 valence electrons. The van der Waals surface area contributed by atoms with E-state index in [1.807, 2.05) is 11.0 Å². The SMILES string of the molecule is Cn1cccc(C(=O)Nc2cc(C#N)ccc2N2CCC(Oc3cc(F)cnc3F)CC2)c1=O. The van der Waals surface area contributed by atoms with Crippen molar-refractivity contribution in [1.82, 2.24) is 9.55 Å². The van der Waals surface area contributed by atoms with Crippen LogP contribution in [0.3, 0.4) is 0 Å². The Balaban J connectivity index is 1.51. The molecule has 0 radical (unpaired) electrons. The van der Waals surface area contributed by atoms with Crippen molar-refractivity contribution in [3.63, 3.8) is 0 Å². The van der Waals surface area contributed by atoms with Gasteiger partial charge < -0.3 is 19.5 Å². The molecule has 1 N–H and O–H groups in total. The van der Waals surface area contributed by atoms with Crippen LogP contribution in [0.15, 0.2) is 53.6 Å². The lowest BCUT2D eigenvalue weighted by molar-refractivity contribution is 0.102. The summed E-state index contributed by atoms with van der Waals surface area (Å²) in [6, 6.07) is 11.0. The second-order valence-electron chi connectivity index (χ2n) is 7.88. The van der Waals surface area contributed by atoms with Gasteiger partial charge in [0.15, 0.2) is 5.75 Å². The molecule has 1 aromatic carbocycles. The van der Waals surface area contributed by atoms with Crippen LogP contribution < -0.4 is 20.5 Å². The van der Waals surface area contributed by atoms with Crippen molar-refractivity contribution < 1.29 is 18.3 Å². The van der Waals surface area contributed by atoms with E-state index in [0.717, 1.165) is 12.3 Å². The number of nitriles is 1. The number of aromatic nitrogens is 2. The van der Waals surface area contributed by atoms with Crippen molar-refractivity contribution in [2.45, 2.75) is 18.9 Å². The van der Waals surface area contributed by atoms with Gasteiger partial charge in [-0.25, -0.2) is 9.37 Å². The molecule has 0 atom stereocenters. The summed E-state index contributed by atoms with van der Waals surface area (Å²) in [5, 5.41) is 12.1. The molecule has 0 aliphatic carbocycles. The molecule has 10 heteroatoms. The van der Waals surface area contributed by atoms with Crippen LogP contribution in [0.1, 0.15) is 28.8 Å². The summed E-state index contributed by atoms with van der Waals surface area (Å²) in [4.78, 5) is 30.5. The Morgan fingerprint density at radius 2 is 2.00 bits per heavy atom. The summed E-state index contributed by atoms with van der Waals surface area (Å²) < 4.78 is 34.1. The number of rotatable bonds is 5. The fourth-order valence-corrected chi connectivity index (χ4v) is 3.82. The van der Waals surface area contributed by atoms with Crippen LogP contribution in [0.4, 0.5) is 20.2 Å². The second-order valence-corrected chi connectivity index (χ2v) is 7.88. The first-order valence-corrected chi connectivity index (χ1v) is 10.6. The van der Waals surface area contributed by atoms with E-state index in [2.05, 4.69) is 10.3 Å². The number of aryl methyl sites for hydroxylation is 1. The van der Waals surface area contributed by atoms with E-state index in [1.54, 1.807) is 37.5 Å². The van der Waals surface area contributed by atoms with Gasteiger partial charge in [-0.3, -0.25) is 9.59 Å². The molecule has 1 saturated heterocycles. The molecule has 3 heterocycles. The monoisotopic (exact) mass is 465 g/mol. The van der Waals surface area contributed by atoms with Crippen molar-refractivity contribution in [1.29, 1.82) is 5.26 Å². The molecule has 0 bridgehead atoms. The standard InChI is InChI=1S/C24H21F2N5O3/c1-30-8-2-3-18(24(30)33)23(32)29-19-11-15(13-27)4-5-20(19)31-9-6-17(7-10-31)34-21-12-16(25)14-28-22(21)26/h2-5,8,11-12,14,17H,6-7,9-10H2,1H3,(H,29,32). The topological polar surface area (TPSA) is 100 Å². The van der Waals surface area contributed by atoms with Gasteiger partial charge in [-0.15, -0.1) is 0 Å². The van der Waals surface area contributed by atoms with Gasteiger partial charge >= 0.3 is 0 Å². The fraction of sp³-hybridized carbons (Fsp3) is 0.250. The Morgan fingerprint density at radius 1 is 1.24 bits per heavy atom. The molecule has 1 aliphatic rings. The van der Waals surface area contributed by atoms with Crippen molar-refractivity contribution in [3.05, 3.63) is 82.0 Å². The molecule has 34 heavy (non-hydrogen) atoms. The normalized spacial score (nSPS) is 13.9. The summed E-state index contributed by atoms with van der Waals surface area (Å²) in [6.45, 7) is 1.02. The number of amides is 1. The number of pyridine rings is 2. The van der Waals surface area contributed by atoms with Crippen LogP contribution in [-0.4, -0.2) is 34.7 Å². The Hall–Kier alpha value is -4.26. The van der Waals surface area contributed by atoms with Crippen molar-refractivity contribution in [2.75, 3.05) is 23.3 Å². The number of carbonyl (C=O) groups is 1. The average Bonchev–Trinajstić information content (AvgIpc) is 2.83. The molecule has 0 saturated carbocycles. The zero-order valence-electron chi connectivity index (χ0n) is 18.3. The summed E-state index contributed by atoms with van der Waals surface area (Å²) in [6.07, 6.45) is 3.04. The highest BCUT2D eigenvalue weighted by Crippen LogP contribution is 2.31. The lowest BCUT2D eigenvalue weighted by atomic mass is 10.1. The minimum absolute atomic E-state index is 0.0175. The quantitative estimate of drug-likeness (QED) is 0.581. The van der Waals surface area contributed by atoms with Crippen molar-refractivity contribution in [3.8, 4) is 11.8 Å². The Labute approximate surface area is 194 Å². The largest absolute Gasteiger partial charge is 0.485 e. The highest BCUT2D eigenvalue weighted by atomic mass is 19.1. The van der Waals surface area contributed by atoms with Crippen LogP contribution >= 0.6 is 0 Å². The van der Waals surface area contributed by atoms with Gasteiger partial charge in [0.2, 0.25) is 0 Å². The smallest absolute Gasteiger partial charge is 0.263 e. The summed E-state index contributed by atoms with van der Waals surface area (Å²) in [7, 11) is 1.55. The third-order valence-electron chi connectivity index (χ3n) is 5.59. The van der Waals surface area contributed by atoms with E-state index < -0.39 is 23.2 Å². The first kappa shape index (κ1) is 22.9.